The number of likely N-dealkylation sites (N-methyl/N-ethyl adjacent to an activating group) is 1. The molecule has 2 amide bonds. The topological polar surface area (TPSA) is 74.3 Å². The third-order valence-corrected chi connectivity index (χ3v) is 3.88. The Bertz CT molecular complexity index is 702. The molecule has 0 saturated carbocycles. The molecule has 1 aromatic heterocycles. The fraction of sp³-hybridized carbons (Fsp3) is 0.267. The molecule has 0 atom stereocenters. The Hall–Kier alpha value is -1.96. The van der Waals surface area contributed by atoms with Crippen molar-refractivity contribution in [2.75, 3.05) is 32.5 Å². The molecule has 1 heterocycles. The first-order chi connectivity index (χ1) is 11.0. The summed E-state index contributed by atoms with van der Waals surface area (Å²) in [6, 6.07) is 6.61. The first-order valence-electron chi connectivity index (χ1n) is 6.91. The highest BCUT2D eigenvalue weighted by atomic mass is 35.5. The number of thiazole rings is 1. The van der Waals surface area contributed by atoms with Crippen LogP contribution in [-0.2, 0) is 0 Å². The van der Waals surface area contributed by atoms with Gasteiger partial charge in [0.15, 0.2) is 5.13 Å². The van der Waals surface area contributed by atoms with Crippen LogP contribution in [0, 0.1) is 0 Å². The molecule has 0 spiro atoms. The average Bonchev–Trinajstić information content (AvgIpc) is 2.95. The van der Waals surface area contributed by atoms with Gasteiger partial charge in [0.25, 0.3) is 11.8 Å². The Morgan fingerprint density at radius 2 is 2.09 bits per heavy atom. The number of carbonyl (C=O) groups is 2. The monoisotopic (exact) mass is 352 g/mol. The number of carbonyl (C=O) groups excluding carboxylic acids is 2. The lowest BCUT2D eigenvalue weighted by atomic mass is 10.2. The number of amides is 2. The molecule has 0 bridgehead atoms. The summed E-state index contributed by atoms with van der Waals surface area (Å²) in [6.07, 6.45) is 0. The Labute approximate surface area is 143 Å². The summed E-state index contributed by atoms with van der Waals surface area (Å²) < 4.78 is 0. The number of nitrogens with one attached hydrogen (secondary N) is 2. The molecule has 0 saturated heterocycles. The molecule has 2 rings (SSSR count). The molecule has 23 heavy (non-hydrogen) atoms. The van der Waals surface area contributed by atoms with Crippen LogP contribution in [-0.4, -0.2) is 48.9 Å². The van der Waals surface area contributed by atoms with Crippen LogP contribution in [0.2, 0.25) is 5.02 Å². The summed E-state index contributed by atoms with van der Waals surface area (Å²) in [5.41, 5.74) is 0.722. The lowest BCUT2D eigenvalue weighted by molar-refractivity contribution is 0.0945. The van der Waals surface area contributed by atoms with E-state index in [4.69, 9.17) is 11.6 Å². The van der Waals surface area contributed by atoms with E-state index in [1.165, 1.54) is 11.3 Å². The maximum atomic E-state index is 12.1. The molecular weight excluding hydrogens is 336 g/mol. The summed E-state index contributed by atoms with van der Waals surface area (Å²) in [4.78, 5) is 30.1. The van der Waals surface area contributed by atoms with Gasteiger partial charge < -0.3 is 10.2 Å². The van der Waals surface area contributed by atoms with E-state index in [0.717, 1.165) is 6.54 Å². The molecule has 2 aromatic rings. The summed E-state index contributed by atoms with van der Waals surface area (Å²) in [5, 5.41) is 7.89. The highest BCUT2D eigenvalue weighted by Gasteiger charge is 2.13. The van der Waals surface area contributed by atoms with Crippen molar-refractivity contribution in [3.8, 4) is 0 Å². The smallest absolute Gasteiger partial charge is 0.270 e. The number of hydrogen-bond acceptors (Lipinski definition) is 5. The molecule has 1 aromatic carbocycles. The Morgan fingerprint density at radius 1 is 1.30 bits per heavy atom. The van der Waals surface area contributed by atoms with Crippen LogP contribution < -0.4 is 10.6 Å². The van der Waals surface area contributed by atoms with Gasteiger partial charge >= 0.3 is 0 Å². The van der Waals surface area contributed by atoms with Crippen molar-refractivity contribution in [1.82, 2.24) is 15.2 Å². The van der Waals surface area contributed by atoms with Crippen LogP contribution in [0.5, 0.6) is 0 Å². The van der Waals surface area contributed by atoms with Crippen molar-refractivity contribution in [3.63, 3.8) is 0 Å². The van der Waals surface area contributed by atoms with Crippen molar-refractivity contribution < 1.29 is 9.59 Å². The summed E-state index contributed by atoms with van der Waals surface area (Å²) >= 11 is 7.06. The van der Waals surface area contributed by atoms with Gasteiger partial charge in [-0.2, -0.15) is 0 Å². The number of benzene rings is 1. The Kier molecular flexibility index (Phi) is 6.09. The van der Waals surface area contributed by atoms with Crippen LogP contribution in [0.1, 0.15) is 20.8 Å². The van der Waals surface area contributed by atoms with E-state index in [1.807, 2.05) is 19.0 Å². The van der Waals surface area contributed by atoms with Crippen molar-refractivity contribution >= 4 is 39.9 Å². The van der Waals surface area contributed by atoms with Crippen molar-refractivity contribution in [1.29, 1.82) is 0 Å². The number of anilines is 1. The number of aromatic nitrogens is 1. The van der Waals surface area contributed by atoms with E-state index < -0.39 is 0 Å². The van der Waals surface area contributed by atoms with E-state index in [1.54, 1.807) is 29.6 Å². The molecule has 0 aliphatic heterocycles. The predicted molar refractivity (Wildman–Crippen MR) is 92.4 cm³/mol. The zero-order chi connectivity index (χ0) is 16.8. The lowest BCUT2D eigenvalue weighted by Crippen LogP contribution is -2.31. The van der Waals surface area contributed by atoms with E-state index in [0.29, 0.717) is 22.3 Å². The van der Waals surface area contributed by atoms with Gasteiger partial charge in [0.05, 0.1) is 0 Å². The molecule has 8 heteroatoms. The maximum Gasteiger partial charge on any atom is 0.270 e. The van der Waals surface area contributed by atoms with E-state index >= 15 is 0 Å². The molecule has 2 N–H and O–H groups in total. The van der Waals surface area contributed by atoms with Gasteiger partial charge in [-0.3, -0.25) is 14.9 Å². The second-order valence-electron chi connectivity index (χ2n) is 5.06. The van der Waals surface area contributed by atoms with Crippen LogP contribution in [0.25, 0.3) is 0 Å². The number of halogens is 1. The average molecular weight is 353 g/mol. The Balaban J connectivity index is 1.94. The summed E-state index contributed by atoms with van der Waals surface area (Å²) in [5.74, 6) is -0.576. The van der Waals surface area contributed by atoms with Gasteiger partial charge in [-0.05, 0) is 32.3 Å². The second kappa shape index (κ2) is 8.05. The molecule has 0 aliphatic carbocycles. The largest absolute Gasteiger partial charge is 0.349 e. The normalized spacial score (nSPS) is 10.6. The molecule has 0 unspecified atom stereocenters. The van der Waals surface area contributed by atoms with Crippen molar-refractivity contribution in [2.24, 2.45) is 0 Å². The summed E-state index contributed by atoms with van der Waals surface area (Å²) in [7, 11) is 3.86. The van der Waals surface area contributed by atoms with Crippen LogP contribution in [0.3, 0.4) is 0 Å². The number of hydrogen-bond donors (Lipinski definition) is 2. The maximum absolute atomic E-state index is 12.1. The molecule has 0 radical (unpaired) electrons. The zero-order valence-electron chi connectivity index (χ0n) is 12.8. The Morgan fingerprint density at radius 3 is 2.78 bits per heavy atom. The van der Waals surface area contributed by atoms with Gasteiger partial charge in [-0.25, -0.2) is 4.98 Å². The minimum Gasteiger partial charge on any atom is -0.349 e. The van der Waals surface area contributed by atoms with Crippen LogP contribution in [0.4, 0.5) is 5.13 Å². The SMILES string of the molecule is CN(C)CCNC(=O)c1csc(NC(=O)c2cccc(Cl)c2)n1. The fourth-order valence-corrected chi connectivity index (χ4v) is 2.59. The summed E-state index contributed by atoms with van der Waals surface area (Å²) in [6.45, 7) is 1.28. The number of rotatable bonds is 6. The molecule has 6 nitrogen and oxygen atoms in total. The molecular formula is C15H17ClN4O2S. The fourth-order valence-electron chi connectivity index (χ4n) is 1.72. The molecule has 0 fully saturated rings. The highest BCUT2D eigenvalue weighted by Crippen LogP contribution is 2.17. The second-order valence-corrected chi connectivity index (χ2v) is 6.36. The van der Waals surface area contributed by atoms with Gasteiger partial charge in [0.1, 0.15) is 5.69 Å². The lowest BCUT2D eigenvalue weighted by Gasteiger charge is -2.09. The van der Waals surface area contributed by atoms with Gasteiger partial charge in [-0.15, -0.1) is 11.3 Å². The van der Waals surface area contributed by atoms with Crippen LogP contribution >= 0.6 is 22.9 Å². The zero-order valence-corrected chi connectivity index (χ0v) is 14.4. The quantitative estimate of drug-likeness (QED) is 0.836. The van der Waals surface area contributed by atoms with Crippen molar-refractivity contribution in [3.05, 3.63) is 45.9 Å². The molecule has 0 aliphatic rings. The van der Waals surface area contributed by atoms with Gasteiger partial charge in [0, 0.05) is 29.1 Å². The third kappa shape index (κ3) is 5.31. The third-order valence-electron chi connectivity index (χ3n) is 2.89. The standard InChI is InChI=1S/C15H17ClN4O2S/c1-20(2)7-6-17-14(22)12-9-23-15(18-12)19-13(21)10-4-3-5-11(16)8-10/h3-5,8-9H,6-7H2,1-2H3,(H,17,22)(H,18,19,21). The van der Waals surface area contributed by atoms with E-state index in [9.17, 15) is 9.59 Å². The predicted octanol–water partition coefficient (Wildman–Crippen LogP) is 2.34. The van der Waals surface area contributed by atoms with Crippen molar-refractivity contribution in [2.45, 2.75) is 0 Å². The minimum atomic E-state index is -0.318. The number of nitrogens with zero attached hydrogens (tertiary/aromatic N) is 2. The van der Waals surface area contributed by atoms with Crippen LogP contribution in [0.15, 0.2) is 29.6 Å². The van der Waals surface area contributed by atoms with Gasteiger partial charge in [-0.1, -0.05) is 17.7 Å². The first kappa shape index (κ1) is 17.4. The first-order valence-corrected chi connectivity index (χ1v) is 8.17. The van der Waals surface area contributed by atoms with Gasteiger partial charge in [0.2, 0.25) is 0 Å². The van der Waals surface area contributed by atoms with E-state index in [-0.39, 0.29) is 17.5 Å². The van der Waals surface area contributed by atoms with E-state index in [2.05, 4.69) is 15.6 Å². The highest BCUT2D eigenvalue weighted by molar-refractivity contribution is 7.14. The minimum absolute atomic E-state index is 0.258. The molecule has 122 valence electrons.